The molecule has 0 aliphatic heterocycles. The van der Waals surface area contributed by atoms with Gasteiger partial charge in [-0.25, -0.2) is 13.1 Å². The SMILES string of the molecule is CNCC(C)(C)CNS(=O)(=O)c1ccc(Br)cc1. The fourth-order valence-corrected chi connectivity index (χ4v) is 3.03. The van der Waals surface area contributed by atoms with Gasteiger partial charge in [0.1, 0.15) is 0 Å². The Balaban J connectivity index is 2.74. The van der Waals surface area contributed by atoms with Crippen LogP contribution in [0, 0.1) is 5.41 Å². The second kappa shape index (κ2) is 6.14. The summed E-state index contributed by atoms with van der Waals surface area (Å²) in [6.45, 7) is 5.16. The molecular weight excluding hydrogens is 316 g/mol. The third kappa shape index (κ3) is 4.68. The summed E-state index contributed by atoms with van der Waals surface area (Å²) in [5.74, 6) is 0. The molecule has 0 atom stereocenters. The van der Waals surface area contributed by atoms with Gasteiger partial charge in [0.15, 0.2) is 0 Å². The van der Waals surface area contributed by atoms with Crippen LogP contribution in [0.15, 0.2) is 33.6 Å². The van der Waals surface area contributed by atoms with Crippen molar-refractivity contribution in [3.63, 3.8) is 0 Å². The minimum absolute atomic E-state index is 0.128. The first kappa shape index (κ1) is 15.6. The standard InChI is InChI=1S/C12H19BrN2O2S/c1-12(2,8-14-3)9-15-18(16,17)11-6-4-10(13)5-7-11/h4-7,14-15H,8-9H2,1-3H3. The Morgan fingerprint density at radius 3 is 2.22 bits per heavy atom. The molecule has 4 nitrogen and oxygen atoms in total. The van der Waals surface area contributed by atoms with Crippen molar-refractivity contribution in [2.24, 2.45) is 5.41 Å². The highest BCUT2D eigenvalue weighted by Gasteiger charge is 2.21. The van der Waals surface area contributed by atoms with Crippen LogP contribution in [-0.4, -0.2) is 28.6 Å². The van der Waals surface area contributed by atoms with Crippen molar-refractivity contribution in [3.05, 3.63) is 28.7 Å². The van der Waals surface area contributed by atoms with E-state index in [4.69, 9.17) is 0 Å². The largest absolute Gasteiger partial charge is 0.319 e. The number of rotatable bonds is 6. The summed E-state index contributed by atoms with van der Waals surface area (Å²) < 4.78 is 27.6. The molecule has 0 amide bonds. The van der Waals surface area contributed by atoms with Crippen molar-refractivity contribution in [2.45, 2.75) is 18.7 Å². The molecule has 0 saturated carbocycles. The normalized spacial score (nSPS) is 12.7. The smallest absolute Gasteiger partial charge is 0.240 e. The van der Waals surface area contributed by atoms with Crippen LogP contribution in [0.2, 0.25) is 0 Å². The molecule has 2 N–H and O–H groups in total. The minimum atomic E-state index is -3.43. The molecule has 18 heavy (non-hydrogen) atoms. The Kier molecular flexibility index (Phi) is 5.33. The van der Waals surface area contributed by atoms with E-state index in [2.05, 4.69) is 26.0 Å². The Labute approximate surface area is 117 Å². The molecule has 0 radical (unpaired) electrons. The third-order valence-corrected chi connectivity index (χ3v) is 4.47. The molecule has 0 aromatic heterocycles. The van der Waals surface area contributed by atoms with Crippen LogP contribution in [0.3, 0.4) is 0 Å². The number of hydrogen-bond acceptors (Lipinski definition) is 3. The van der Waals surface area contributed by atoms with Gasteiger partial charge in [-0.3, -0.25) is 0 Å². The van der Waals surface area contributed by atoms with Gasteiger partial charge in [0.2, 0.25) is 10.0 Å². The highest BCUT2D eigenvalue weighted by atomic mass is 79.9. The molecule has 0 fully saturated rings. The molecular formula is C12H19BrN2O2S. The molecule has 0 unspecified atom stereocenters. The van der Waals surface area contributed by atoms with E-state index >= 15 is 0 Å². The van der Waals surface area contributed by atoms with E-state index in [0.29, 0.717) is 6.54 Å². The molecule has 1 aromatic carbocycles. The first-order chi connectivity index (χ1) is 8.27. The van der Waals surface area contributed by atoms with E-state index in [9.17, 15) is 8.42 Å². The molecule has 0 aliphatic carbocycles. The highest BCUT2D eigenvalue weighted by Crippen LogP contribution is 2.16. The molecule has 0 heterocycles. The van der Waals surface area contributed by atoms with Crippen LogP contribution in [0.1, 0.15) is 13.8 Å². The summed E-state index contributed by atoms with van der Waals surface area (Å²) in [5, 5.41) is 3.05. The highest BCUT2D eigenvalue weighted by molar-refractivity contribution is 9.10. The van der Waals surface area contributed by atoms with Crippen LogP contribution in [0.25, 0.3) is 0 Å². The summed E-state index contributed by atoms with van der Waals surface area (Å²) >= 11 is 3.28. The third-order valence-electron chi connectivity index (χ3n) is 2.52. The van der Waals surface area contributed by atoms with Gasteiger partial charge in [-0.15, -0.1) is 0 Å². The molecule has 1 aromatic rings. The fourth-order valence-electron chi connectivity index (χ4n) is 1.53. The molecule has 0 spiro atoms. The summed E-state index contributed by atoms with van der Waals surface area (Å²) in [6, 6.07) is 6.59. The predicted octanol–water partition coefficient (Wildman–Crippen LogP) is 1.97. The second-order valence-electron chi connectivity index (χ2n) is 4.97. The predicted molar refractivity (Wildman–Crippen MR) is 77.0 cm³/mol. The second-order valence-corrected chi connectivity index (χ2v) is 7.66. The van der Waals surface area contributed by atoms with E-state index in [-0.39, 0.29) is 10.3 Å². The number of nitrogens with one attached hydrogen (secondary N) is 2. The van der Waals surface area contributed by atoms with Crippen LogP contribution in [0.5, 0.6) is 0 Å². The Morgan fingerprint density at radius 2 is 1.72 bits per heavy atom. The first-order valence-electron chi connectivity index (χ1n) is 5.67. The molecule has 0 saturated heterocycles. The Bertz CT molecular complexity index is 483. The van der Waals surface area contributed by atoms with Crippen molar-refractivity contribution in [1.82, 2.24) is 10.0 Å². The Morgan fingerprint density at radius 1 is 1.17 bits per heavy atom. The van der Waals surface area contributed by atoms with Crippen molar-refractivity contribution in [3.8, 4) is 0 Å². The Hall–Kier alpha value is -0.430. The molecule has 0 aliphatic rings. The zero-order chi connectivity index (χ0) is 13.8. The van der Waals surface area contributed by atoms with Gasteiger partial charge < -0.3 is 5.32 Å². The van der Waals surface area contributed by atoms with Gasteiger partial charge in [0.05, 0.1) is 4.90 Å². The summed E-state index contributed by atoms with van der Waals surface area (Å²) in [7, 11) is -1.57. The van der Waals surface area contributed by atoms with E-state index in [0.717, 1.165) is 11.0 Å². The maximum Gasteiger partial charge on any atom is 0.240 e. The van der Waals surface area contributed by atoms with E-state index in [1.807, 2.05) is 20.9 Å². The van der Waals surface area contributed by atoms with Crippen LogP contribution < -0.4 is 10.0 Å². The van der Waals surface area contributed by atoms with E-state index in [1.165, 1.54) is 0 Å². The average molecular weight is 335 g/mol. The summed E-state index contributed by atoms with van der Waals surface area (Å²) in [5.41, 5.74) is -0.128. The molecule has 102 valence electrons. The monoisotopic (exact) mass is 334 g/mol. The fraction of sp³-hybridized carbons (Fsp3) is 0.500. The van der Waals surface area contributed by atoms with Crippen molar-refractivity contribution in [1.29, 1.82) is 0 Å². The van der Waals surface area contributed by atoms with Gasteiger partial charge >= 0.3 is 0 Å². The van der Waals surface area contributed by atoms with Gasteiger partial charge in [-0.05, 0) is 36.7 Å². The lowest BCUT2D eigenvalue weighted by Crippen LogP contribution is -2.39. The van der Waals surface area contributed by atoms with E-state index < -0.39 is 10.0 Å². The van der Waals surface area contributed by atoms with Gasteiger partial charge in [0.25, 0.3) is 0 Å². The summed E-state index contributed by atoms with van der Waals surface area (Å²) in [6.07, 6.45) is 0. The minimum Gasteiger partial charge on any atom is -0.319 e. The van der Waals surface area contributed by atoms with Crippen LogP contribution in [0.4, 0.5) is 0 Å². The number of hydrogen-bond donors (Lipinski definition) is 2. The maximum absolute atomic E-state index is 12.0. The average Bonchev–Trinajstić information content (AvgIpc) is 2.27. The van der Waals surface area contributed by atoms with Crippen LogP contribution in [-0.2, 0) is 10.0 Å². The quantitative estimate of drug-likeness (QED) is 0.836. The van der Waals surface area contributed by atoms with Gasteiger partial charge in [0, 0.05) is 17.6 Å². The van der Waals surface area contributed by atoms with Crippen molar-refractivity contribution in [2.75, 3.05) is 20.1 Å². The zero-order valence-corrected chi connectivity index (χ0v) is 13.2. The lowest BCUT2D eigenvalue weighted by molar-refractivity contribution is 0.350. The lowest BCUT2D eigenvalue weighted by Gasteiger charge is -2.24. The molecule has 6 heteroatoms. The topological polar surface area (TPSA) is 58.2 Å². The zero-order valence-electron chi connectivity index (χ0n) is 10.8. The van der Waals surface area contributed by atoms with E-state index in [1.54, 1.807) is 24.3 Å². The van der Waals surface area contributed by atoms with Gasteiger partial charge in [-0.2, -0.15) is 0 Å². The van der Waals surface area contributed by atoms with Crippen molar-refractivity contribution < 1.29 is 8.42 Å². The number of halogens is 1. The number of benzene rings is 1. The van der Waals surface area contributed by atoms with Gasteiger partial charge in [-0.1, -0.05) is 29.8 Å². The maximum atomic E-state index is 12.0. The molecule has 0 bridgehead atoms. The lowest BCUT2D eigenvalue weighted by atomic mass is 9.94. The molecule has 1 rings (SSSR count). The summed E-state index contributed by atoms with van der Waals surface area (Å²) in [4.78, 5) is 0.283. The first-order valence-corrected chi connectivity index (χ1v) is 7.94. The number of sulfonamides is 1. The van der Waals surface area contributed by atoms with Crippen LogP contribution >= 0.6 is 15.9 Å². The van der Waals surface area contributed by atoms with Crippen molar-refractivity contribution >= 4 is 26.0 Å².